The van der Waals surface area contributed by atoms with Crippen LogP contribution in [0.2, 0.25) is 0 Å². The van der Waals surface area contributed by atoms with Gasteiger partial charge in [-0.05, 0) is 70.5 Å². The van der Waals surface area contributed by atoms with Gasteiger partial charge in [-0.3, -0.25) is 0 Å². The fourth-order valence-electron chi connectivity index (χ4n) is 3.09. The standard InChI is InChI=1S/C13H22N.C7H14N2.2ClH.Ir/c1-9-10(2)12(4)13(11(9)3)7-8-14(5)6;1-6-7(2)9(4)5-8(6)3;;;/h7-8H2,1-6H3;5H2,1-4H3;2*1H;/q;;;;+3/p-2. The normalized spacial score (nSPS) is 20.8. The van der Waals surface area contributed by atoms with Crippen LogP contribution in [0.4, 0.5) is 0 Å². The molecule has 1 aliphatic heterocycles. The summed E-state index contributed by atoms with van der Waals surface area (Å²) < 4.78 is 0. The van der Waals surface area contributed by atoms with Gasteiger partial charge in [-0.25, -0.2) is 0 Å². The molecule has 5 radical (unpaired) electrons. The van der Waals surface area contributed by atoms with Crippen molar-refractivity contribution in [2.75, 3.05) is 41.4 Å². The minimum absolute atomic E-state index is 0.556. The van der Waals surface area contributed by atoms with Gasteiger partial charge in [0.2, 0.25) is 0 Å². The maximum absolute atomic E-state index is 4.89. The summed E-state index contributed by atoms with van der Waals surface area (Å²) in [7, 11) is 18.3. The van der Waals surface area contributed by atoms with E-state index in [2.05, 4.69) is 84.4 Å². The summed E-state index contributed by atoms with van der Waals surface area (Å²) in [6, 6.07) is 0. The Morgan fingerprint density at radius 1 is 0.808 bits per heavy atom. The number of hydrogen-bond acceptors (Lipinski definition) is 3. The molecule has 1 heterocycles. The van der Waals surface area contributed by atoms with E-state index >= 15 is 0 Å². The third-order valence-electron chi connectivity index (χ3n) is 5.49. The zero-order valence-corrected chi connectivity index (χ0v) is 22.0. The molecular formula is C20H36Cl2IrN3+. The van der Waals surface area contributed by atoms with Crippen LogP contribution in [0.15, 0.2) is 11.4 Å². The maximum atomic E-state index is 4.89. The van der Waals surface area contributed by atoms with Crippen LogP contribution in [0.3, 0.4) is 0 Å². The van der Waals surface area contributed by atoms with Crippen molar-refractivity contribution in [3.63, 3.8) is 0 Å². The van der Waals surface area contributed by atoms with Crippen molar-refractivity contribution in [1.29, 1.82) is 0 Å². The summed E-state index contributed by atoms with van der Waals surface area (Å²) in [5.74, 6) is 7.53. The molecule has 26 heavy (non-hydrogen) atoms. The van der Waals surface area contributed by atoms with Crippen LogP contribution >= 0.6 is 19.2 Å². The molecule has 0 atom stereocenters. The third kappa shape index (κ3) is 7.87. The molecule has 0 amide bonds. The summed E-state index contributed by atoms with van der Waals surface area (Å²) in [6.45, 7) is 15.5. The summed E-state index contributed by atoms with van der Waals surface area (Å²) >= 11 is -0.556. The topological polar surface area (TPSA) is 9.72 Å². The van der Waals surface area contributed by atoms with E-state index in [0.717, 1.165) is 13.2 Å². The molecular weight excluding hydrogens is 545 g/mol. The molecule has 0 aromatic heterocycles. The van der Waals surface area contributed by atoms with Crippen molar-refractivity contribution >= 4 is 19.2 Å². The first-order valence-electron chi connectivity index (χ1n) is 8.79. The average molecular weight is 582 g/mol. The van der Waals surface area contributed by atoms with Crippen molar-refractivity contribution in [1.82, 2.24) is 14.7 Å². The molecule has 2 rings (SSSR count). The zero-order valence-electron chi connectivity index (χ0n) is 18.1. The van der Waals surface area contributed by atoms with Gasteiger partial charge >= 0.3 is 34.8 Å². The molecule has 0 bridgehead atoms. The Bertz CT molecular complexity index is 401. The Hall–Kier alpha value is 0.529. The second-order valence-corrected chi connectivity index (χ2v) is 10.7. The number of allylic oxidation sites excluding steroid dienone is 2. The molecule has 0 N–H and O–H groups in total. The monoisotopic (exact) mass is 581 g/mol. The Labute approximate surface area is 179 Å². The molecule has 1 aliphatic carbocycles. The zero-order chi connectivity index (χ0) is 20.6. The van der Waals surface area contributed by atoms with Crippen molar-refractivity contribution in [3.05, 3.63) is 41.0 Å². The second-order valence-electron chi connectivity index (χ2n) is 7.29. The summed E-state index contributed by atoms with van der Waals surface area (Å²) in [4.78, 5) is 6.74. The Morgan fingerprint density at radius 3 is 1.38 bits per heavy atom. The molecule has 0 aromatic rings. The molecule has 153 valence electrons. The van der Waals surface area contributed by atoms with Crippen LogP contribution < -0.4 is 0 Å². The van der Waals surface area contributed by atoms with Crippen molar-refractivity contribution in [2.45, 2.75) is 48.0 Å². The first kappa shape index (κ1) is 26.5. The van der Waals surface area contributed by atoms with E-state index < -0.39 is 15.7 Å². The van der Waals surface area contributed by atoms with E-state index in [1.807, 2.05) is 0 Å². The number of rotatable bonds is 3. The third-order valence-corrected chi connectivity index (χ3v) is 5.49. The first-order chi connectivity index (χ1) is 12.0. The molecule has 3 nitrogen and oxygen atoms in total. The van der Waals surface area contributed by atoms with Gasteiger partial charge < -0.3 is 14.7 Å². The van der Waals surface area contributed by atoms with E-state index in [-0.39, 0.29) is 0 Å². The van der Waals surface area contributed by atoms with E-state index in [0.29, 0.717) is 0 Å². The molecule has 6 heteroatoms. The number of nitrogens with zero attached hydrogens (tertiary/aromatic N) is 3. The minimum atomic E-state index is -0.556. The molecule has 0 spiro atoms. The van der Waals surface area contributed by atoms with E-state index in [4.69, 9.17) is 19.2 Å². The van der Waals surface area contributed by atoms with E-state index in [9.17, 15) is 0 Å². The molecule has 0 aromatic carbocycles. The van der Waals surface area contributed by atoms with Crippen LogP contribution in [0, 0.1) is 29.6 Å². The van der Waals surface area contributed by atoms with Crippen molar-refractivity contribution in [2.24, 2.45) is 0 Å². The summed E-state index contributed by atoms with van der Waals surface area (Å²) in [5.41, 5.74) is 2.77. The predicted molar refractivity (Wildman–Crippen MR) is 113 cm³/mol. The second kappa shape index (κ2) is 12.9. The SMILES string of the molecule is CC1=C(C)N(C)CN1C.C[C]1[C](C)[C](C)[C](CCN(C)C)[C]1C.[Cl][Ir+][Cl]. The molecule has 1 fully saturated rings. The van der Waals surface area contributed by atoms with Crippen molar-refractivity contribution < 1.29 is 15.7 Å². The first-order valence-corrected chi connectivity index (χ1v) is 14.7. The van der Waals surface area contributed by atoms with Gasteiger partial charge in [-0.15, -0.1) is 0 Å². The Kier molecular flexibility index (Phi) is 13.1. The summed E-state index contributed by atoms with van der Waals surface area (Å²) in [5, 5.41) is 0. The molecule has 2 aliphatic rings. The quantitative estimate of drug-likeness (QED) is 0.445. The predicted octanol–water partition coefficient (Wildman–Crippen LogP) is 5.35. The van der Waals surface area contributed by atoms with Gasteiger partial charge in [0.25, 0.3) is 0 Å². The van der Waals surface area contributed by atoms with Gasteiger partial charge in [0.15, 0.2) is 0 Å². The Morgan fingerprint density at radius 2 is 1.15 bits per heavy atom. The van der Waals surface area contributed by atoms with Gasteiger partial charge in [0.1, 0.15) is 0 Å². The van der Waals surface area contributed by atoms with E-state index in [1.54, 1.807) is 5.92 Å². The Balaban J connectivity index is 0.000000446. The summed E-state index contributed by atoms with van der Waals surface area (Å²) in [6.07, 6.45) is 1.18. The number of hydrogen-bond donors (Lipinski definition) is 0. The van der Waals surface area contributed by atoms with Crippen LogP contribution in [-0.2, 0) is 15.7 Å². The van der Waals surface area contributed by atoms with Gasteiger partial charge in [-0.2, -0.15) is 0 Å². The number of halogens is 2. The van der Waals surface area contributed by atoms with Crippen LogP contribution in [0.1, 0.15) is 48.0 Å². The van der Waals surface area contributed by atoms with Crippen LogP contribution in [-0.4, -0.2) is 56.1 Å². The molecule has 0 saturated heterocycles. The molecule has 0 unspecified atom stereocenters. The van der Waals surface area contributed by atoms with Gasteiger partial charge in [0.05, 0.1) is 6.67 Å². The van der Waals surface area contributed by atoms with Crippen molar-refractivity contribution in [3.8, 4) is 0 Å². The fraction of sp³-hybridized carbons (Fsp3) is 0.650. The van der Waals surface area contributed by atoms with Crippen LogP contribution in [0.25, 0.3) is 0 Å². The van der Waals surface area contributed by atoms with E-state index in [1.165, 1.54) is 41.5 Å². The van der Waals surface area contributed by atoms with Gasteiger partial charge in [-0.1, -0.05) is 27.7 Å². The van der Waals surface area contributed by atoms with Crippen LogP contribution in [0.5, 0.6) is 0 Å². The average Bonchev–Trinajstić information content (AvgIpc) is 2.90. The fourth-order valence-corrected chi connectivity index (χ4v) is 3.09. The molecule has 1 saturated carbocycles. The van der Waals surface area contributed by atoms with Gasteiger partial charge in [0, 0.05) is 25.5 Å².